The summed E-state index contributed by atoms with van der Waals surface area (Å²) in [6, 6.07) is 13.2. The molecular weight excluding hydrogens is 374 g/mol. The second-order valence-electron chi connectivity index (χ2n) is 6.56. The molecule has 3 rings (SSSR count). The number of carbonyl (C=O) groups is 2. The number of Topliss-reactive ketones (excluding diaryl/α,β-unsaturated/α-hetero) is 1. The predicted molar refractivity (Wildman–Crippen MR) is 109 cm³/mol. The molecule has 0 saturated heterocycles. The Balaban J connectivity index is 1.61. The van der Waals surface area contributed by atoms with Gasteiger partial charge in [0.25, 0.3) is 0 Å². The molecule has 6 heteroatoms. The summed E-state index contributed by atoms with van der Waals surface area (Å²) in [6.07, 6.45) is 0.0991. The minimum atomic E-state index is -0.436. The molecule has 0 radical (unpaired) electrons. The number of esters is 1. The third kappa shape index (κ3) is 4.70. The Labute approximate surface area is 168 Å². The molecule has 0 N–H and O–H groups in total. The molecule has 0 fully saturated rings. The van der Waals surface area contributed by atoms with E-state index < -0.39 is 5.97 Å². The van der Waals surface area contributed by atoms with E-state index in [1.807, 2.05) is 49.6 Å². The van der Waals surface area contributed by atoms with E-state index in [0.717, 1.165) is 23.5 Å². The van der Waals surface area contributed by atoms with Gasteiger partial charge in [-0.1, -0.05) is 18.2 Å². The van der Waals surface area contributed by atoms with E-state index in [2.05, 4.69) is 10.6 Å². The predicted octanol–water partition coefficient (Wildman–Crippen LogP) is 4.19. The maximum atomic E-state index is 12.6. The molecular formula is C22H23NO4S. The highest BCUT2D eigenvalue weighted by atomic mass is 32.1. The molecule has 0 aliphatic heterocycles. The molecule has 2 aromatic heterocycles. The van der Waals surface area contributed by atoms with Crippen molar-refractivity contribution in [1.82, 2.24) is 4.57 Å². The monoisotopic (exact) mass is 397 g/mol. The average Bonchev–Trinajstić information content (AvgIpc) is 3.30. The number of ether oxygens (including phenoxy) is 2. The Morgan fingerprint density at radius 1 is 1.11 bits per heavy atom. The Kier molecular flexibility index (Phi) is 6.31. The molecule has 0 saturated carbocycles. The number of aromatic nitrogens is 1. The fourth-order valence-electron chi connectivity index (χ4n) is 3.11. The third-order valence-electron chi connectivity index (χ3n) is 4.61. The number of methoxy groups -OCH3 is 1. The number of hydrogen-bond donors (Lipinski definition) is 0. The number of thiophene rings is 1. The minimum Gasteiger partial charge on any atom is -0.497 e. The summed E-state index contributed by atoms with van der Waals surface area (Å²) in [4.78, 5) is 25.9. The number of carbonyl (C=O) groups excluding carboxylic acids is 2. The number of rotatable bonds is 8. The number of aryl methyl sites for hydroxylation is 1. The van der Waals surface area contributed by atoms with E-state index >= 15 is 0 Å². The molecule has 0 aliphatic carbocycles. The summed E-state index contributed by atoms with van der Waals surface area (Å²) in [6.45, 7) is 4.38. The van der Waals surface area contributed by atoms with Crippen LogP contribution < -0.4 is 4.74 Å². The summed E-state index contributed by atoms with van der Waals surface area (Å²) in [5, 5.41) is 2.04. The van der Waals surface area contributed by atoms with E-state index in [4.69, 9.17) is 9.47 Å². The Morgan fingerprint density at radius 3 is 2.64 bits per heavy atom. The molecule has 0 spiro atoms. The second kappa shape index (κ2) is 8.89. The van der Waals surface area contributed by atoms with Gasteiger partial charge in [-0.2, -0.15) is 0 Å². The van der Waals surface area contributed by atoms with Crippen LogP contribution in [0.15, 0.2) is 47.8 Å². The first-order valence-electron chi connectivity index (χ1n) is 8.98. The van der Waals surface area contributed by atoms with Gasteiger partial charge < -0.3 is 14.0 Å². The van der Waals surface area contributed by atoms with Crippen LogP contribution in [-0.2, 0) is 22.5 Å². The van der Waals surface area contributed by atoms with Crippen LogP contribution in [0.25, 0.3) is 0 Å². The lowest BCUT2D eigenvalue weighted by Crippen LogP contribution is -2.16. The Morgan fingerprint density at radius 2 is 1.93 bits per heavy atom. The van der Waals surface area contributed by atoms with Crippen LogP contribution >= 0.6 is 11.3 Å². The lowest BCUT2D eigenvalue weighted by atomic mass is 10.1. The van der Waals surface area contributed by atoms with Gasteiger partial charge in [-0.3, -0.25) is 9.59 Å². The van der Waals surface area contributed by atoms with Gasteiger partial charge in [0.15, 0.2) is 6.61 Å². The van der Waals surface area contributed by atoms with E-state index in [1.54, 1.807) is 24.5 Å². The molecule has 0 atom stereocenters. The van der Waals surface area contributed by atoms with Crippen LogP contribution in [0, 0.1) is 13.8 Å². The van der Waals surface area contributed by atoms with Crippen molar-refractivity contribution in [3.05, 3.63) is 75.2 Å². The van der Waals surface area contributed by atoms with Gasteiger partial charge in [0.2, 0.25) is 5.78 Å². The van der Waals surface area contributed by atoms with Gasteiger partial charge in [-0.05, 0) is 49.1 Å². The van der Waals surface area contributed by atoms with Crippen molar-refractivity contribution in [2.24, 2.45) is 0 Å². The molecule has 0 aliphatic rings. The van der Waals surface area contributed by atoms with Crippen molar-refractivity contribution in [1.29, 1.82) is 0 Å². The minimum absolute atomic E-state index is 0.0991. The first-order valence-corrected chi connectivity index (χ1v) is 9.86. The fourth-order valence-corrected chi connectivity index (χ4v) is 3.80. The number of nitrogens with zero attached hydrogens (tertiary/aromatic N) is 1. The fraction of sp³-hybridized carbons (Fsp3) is 0.273. The van der Waals surface area contributed by atoms with Crippen LogP contribution in [0.3, 0.4) is 0 Å². The van der Waals surface area contributed by atoms with Gasteiger partial charge >= 0.3 is 5.97 Å². The first-order chi connectivity index (χ1) is 13.5. The third-order valence-corrected chi connectivity index (χ3v) is 5.48. The zero-order valence-electron chi connectivity index (χ0n) is 16.2. The summed E-state index contributed by atoms with van der Waals surface area (Å²) >= 11 is 1.69. The van der Waals surface area contributed by atoms with Gasteiger partial charge in [0.1, 0.15) is 5.75 Å². The molecule has 0 unspecified atom stereocenters. The summed E-state index contributed by atoms with van der Waals surface area (Å²) in [5.41, 5.74) is 3.28. The van der Waals surface area contributed by atoms with Crippen molar-refractivity contribution in [2.75, 3.05) is 13.7 Å². The molecule has 146 valence electrons. The van der Waals surface area contributed by atoms with E-state index in [1.165, 1.54) is 4.88 Å². The Hall–Kier alpha value is -2.86. The van der Waals surface area contributed by atoms with Crippen LogP contribution in [0.5, 0.6) is 5.75 Å². The highest BCUT2D eigenvalue weighted by Gasteiger charge is 2.18. The standard InChI is InChI=1S/C22H23NO4S/c1-15-10-20(16(2)23(15)13-19-8-5-9-28-19)21(24)14-27-22(25)12-17-6-4-7-18(11-17)26-3/h4-11H,12-14H2,1-3H3. The average molecular weight is 397 g/mol. The smallest absolute Gasteiger partial charge is 0.310 e. The van der Waals surface area contributed by atoms with Crippen LogP contribution in [0.4, 0.5) is 0 Å². The topological polar surface area (TPSA) is 57.5 Å². The largest absolute Gasteiger partial charge is 0.497 e. The lowest BCUT2D eigenvalue weighted by Gasteiger charge is -2.09. The van der Waals surface area contributed by atoms with Crippen molar-refractivity contribution < 1.29 is 19.1 Å². The van der Waals surface area contributed by atoms with Gasteiger partial charge in [-0.15, -0.1) is 11.3 Å². The highest BCUT2D eigenvalue weighted by molar-refractivity contribution is 7.09. The second-order valence-corrected chi connectivity index (χ2v) is 7.59. The Bertz CT molecular complexity index is 973. The van der Waals surface area contributed by atoms with E-state index in [-0.39, 0.29) is 18.8 Å². The number of hydrogen-bond acceptors (Lipinski definition) is 5. The van der Waals surface area contributed by atoms with Gasteiger partial charge in [-0.25, -0.2) is 0 Å². The normalized spacial score (nSPS) is 10.7. The van der Waals surface area contributed by atoms with E-state index in [0.29, 0.717) is 11.3 Å². The quantitative estimate of drug-likeness (QED) is 0.422. The summed E-state index contributed by atoms with van der Waals surface area (Å²) in [5.74, 6) is 0.0538. The van der Waals surface area contributed by atoms with Crippen LogP contribution in [-0.4, -0.2) is 30.0 Å². The zero-order valence-corrected chi connectivity index (χ0v) is 17.0. The highest BCUT2D eigenvalue weighted by Crippen LogP contribution is 2.20. The van der Waals surface area contributed by atoms with Crippen molar-refractivity contribution in [3.8, 4) is 5.75 Å². The molecule has 0 bridgehead atoms. The zero-order chi connectivity index (χ0) is 20.1. The van der Waals surface area contributed by atoms with Gasteiger partial charge in [0, 0.05) is 21.8 Å². The molecule has 5 nitrogen and oxygen atoms in total. The van der Waals surface area contributed by atoms with Gasteiger partial charge in [0.05, 0.1) is 20.1 Å². The summed E-state index contributed by atoms with van der Waals surface area (Å²) < 4.78 is 12.5. The summed E-state index contributed by atoms with van der Waals surface area (Å²) in [7, 11) is 1.57. The first kappa shape index (κ1) is 19.9. The molecule has 28 heavy (non-hydrogen) atoms. The van der Waals surface area contributed by atoms with Crippen LogP contribution in [0.2, 0.25) is 0 Å². The molecule has 0 amide bonds. The number of benzene rings is 1. The maximum Gasteiger partial charge on any atom is 0.310 e. The number of ketones is 1. The van der Waals surface area contributed by atoms with Crippen molar-refractivity contribution in [2.45, 2.75) is 26.8 Å². The van der Waals surface area contributed by atoms with E-state index in [9.17, 15) is 9.59 Å². The van der Waals surface area contributed by atoms with Crippen molar-refractivity contribution in [3.63, 3.8) is 0 Å². The maximum absolute atomic E-state index is 12.6. The lowest BCUT2D eigenvalue weighted by molar-refractivity contribution is -0.141. The molecule has 1 aromatic carbocycles. The molecule has 2 heterocycles. The van der Waals surface area contributed by atoms with Crippen molar-refractivity contribution >= 4 is 23.1 Å². The molecule has 3 aromatic rings. The SMILES string of the molecule is COc1cccc(CC(=O)OCC(=O)c2cc(C)n(Cc3cccs3)c2C)c1. The van der Waals surface area contributed by atoms with Crippen LogP contribution in [0.1, 0.15) is 32.2 Å².